The number of rotatable bonds is 5. The van der Waals surface area contributed by atoms with Gasteiger partial charge in [0.15, 0.2) is 0 Å². The molecule has 1 saturated heterocycles. The van der Waals surface area contributed by atoms with Gasteiger partial charge < -0.3 is 15.1 Å². The Morgan fingerprint density at radius 2 is 1.72 bits per heavy atom. The average Bonchev–Trinajstić information content (AvgIpc) is 3.22. The van der Waals surface area contributed by atoms with Crippen molar-refractivity contribution in [3.05, 3.63) is 41.6 Å². The van der Waals surface area contributed by atoms with Gasteiger partial charge in [-0.3, -0.25) is 4.79 Å². The van der Waals surface area contributed by atoms with Gasteiger partial charge in [0.1, 0.15) is 5.82 Å². The number of benzene rings is 1. The monoisotopic (exact) mass is 393 g/mol. The molecule has 6 nitrogen and oxygen atoms in total. The Kier molecular flexibility index (Phi) is 5.97. The zero-order chi connectivity index (χ0) is 20.2. The van der Waals surface area contributed by atoms with Crippen LogP contribution in [0.1, 0.15) is 43.4 Å². The highest BCUT2D eigenvalue weighted by Crippen LogP contribution is 2.28. The maximum Gasteiger partial charge on any atom is 0.229 e. The number of piperazine rings is 1. The Morgan fingerprint density at radius 3 is 2.41 bits per heavy atom. The van der Waals surface area contributed by atoms with Gasteiger partial charge in [-0.25, -0.2) is 4.98 Å². The van der Waals surface area contributed by atoms with Crippen molar-refractivity contribution in [1.29, 1.82) is 0 Å². The molecule has 0 bridgehead atoms. The number of hydrogen-bond acceptors (Lipinski definition) is 5. The summed E-state index contributed by atoms with van der Waals surface area (Å²) >= 11 is 0. The molecule has 1 aromatic heterocycles. The van der Waals surface area contributed by atoms with Crippen LogP contribution in [-0.4, -0.2) is 47.0 Å². The minimum absolute atomic E-state index is 0.331. The zero-order valence-electron chi connectivity index (χ0n) is 17.5. The van der Waals surface area contributed by atoms with E-state index in [0.717, 1.165) is 49.8 Å². The van der Waals surface area contributed by atoms with Crippen molar-refractivity contribution in [2.45, 2.75) is 46.0 Å². The molecule has 4 rings (SSSR count). The van der Waals surface area contributed by atoms with E-state index in [1.54, 1.807) is 0 Å². The second-order valence-electron chi connectivity index (χ2n) is 8.40. The van der Waals surface area contributed by atoms with Crippen LogP contribution >= 0.6 is 0 Å². The van der Waals surface area contributed by atoms with Crippen LogP contribution in [0.25, 0.3) is 0 Å². The first-order valence-electron chi connectivity index (χ1n) is 10.8. The molecule has 2 aliphatic rings. The van der Waals surface area contributed by atoms with Gasteiger partial charge in [0.25, 0.3) is 0 Å². The van der Waals surface area contributed by atoms with Crippen LogP contribution in [0.2, 0.25) is 0 Å². The topological polar surface area (TPSA) is 61.4 Å². The fourth-order valence-electron chi connectivity index (χ4n) is 4.31. The molecule has 1 N–H and O–H groups in total. The molecular weight excluding hydrogens is 362 g/mol. The van der Waals surface area contributed by atoms with Crippen molar-refractivity contribution in [3.63, 3.8) is 0 Å². The molecule has 1 aromatic carbocycles. The van der Waals surface area contributed by atoms with Gasteiger partial charge >= 0.3 is 0 Å². The van der Waals surface area contributed by atoms with Crippen molar-refractivity contribution in [3.8, 4) is 0 Å². The lowest BCUT2D eigenvalue weighted by molar-refractivity contribution is -0.132. The number of aromatic nitrogens is 2. The smallest absolute Gasteiger partial charge is 0.229 e. The minimum Gasteiger partial charge on any atom is -0.353 e. The van der Waals surface area contributed by atoms with Crippen LogP contribution in [-0.2, 0) is 4.79 Å². The van der Waals surface area contributed by atoms with E-state index in [1.165, 1.54) is 31.2 Å². The summed E-state index contributed by atoms with van der Waals surface area (Å²) in [5.41, 5.74) is 3.14. The first-order valence-corrected chi connectivity index (χ1v) is 10.8. The van der Waals surface area contributed by atoms with E-state index >= 15 is 0 Å². The summed E-state index contributed by atoms with van der Waals surface area (Å²) in [7, 11) is 0. The predicted molar refractivity (Wildman–Crippen MR) is 117 cm³/mol. The molecule has 1 saturated carbocycles. The zero-order valence-corrected chi connectivity index (χ0v) is 17.5. The lowest BCUT2D eigenvalue weighted by atomic mass is 10.0. The summed E-state index contributed by atoms with van der Waals surface area (Å²) in [5, 5.41) is 3.31. The van der Waals surface area contributed by atoms with E-state index in [1.807, 2.05) is 30.0 Å². The summed E-state index contributed by atoms with van der Waals surface area (Å²) in [6.07, 6.45) is 5.76. The number of anilines is 3. The maximum absolute atomic E-state index is 12.6. The van der Waals surface area contributed by atoms with Crippen molar-refractivity contribution in [1.82, 2.24) is 14.9 Å². The Labute approximate surface area is 173 Å². The molecular formula is C23H31N5O. The highest BCUT2D eigenvalue weighted by atomic mass is 16.2. The SMILES string of the molecule is Cc1ccc(Nc2nc(C)cc(N3CCN(C(=O)CC4CCCC4)CC3)n2)cc1. The highest BCUT2D eigenvalue weighted by Gasteiger charge is 2.25. The van der Waals surface area contributed by atoms with Gasteiger partial charge in [-0.15, -0.1) is 0 Å². The Bertz CT molecular complexity index is 837. The van der Waals surface area contributed by atoms with E-state index < -0.39 is 0 Å². The summed E-state index contributed by atoms with van der Waals surface area (Å²) in [6.45, 7) is 7.24. The first kappa shape index (κ1) is 19.7. The van der Waals surface area contributed by atoms with E-state index in [2.05, 4.69) is 34.3 Å². The van der Waals surface area contributed by atoms with E-state index in [-0.39, 0.29) is 0 Å². The molecule has 1 aliphatic carbocycles. The lowest BCUT2D eigenvalue weighted by Crippen LogP contribution is -2.49. The van der Waals surface area contributed by atoms with Gasteiger partial charge in [-0.05, 0) is 44.7 Å². The molecule has 0 spiro atoms. The number of hydrogen-bond donors (Lipinski definition) is 1. The van der Waals surface area contributed by atoms with Gasteiger partial charge in [0, 0.05) is 50.0 Å². The Hall–Kier alpha value is -2.63. The summed E-state index contributed by atoms with van der Waals surface area (Å²) in [5.74, 6) is 2.48. The summed E-state index contributed by atoms with van der Waals surface area (Å²) in [6, 6.07) is 10.2. The largest absolute Gasteiger partial charge is 0.353 e. The number of carbonyl (C=O) groups excluding carboxylic acids is 1. The average molecular weight is 394 g/mol. The van der Waals surface area contributed by atoms with Crippen LogP contribution in [0.5, 0.6) is 0 Å². The second-order valence-corrected chi connectivity index (χ2v) is 8.40. The van der Waals surface area contributed by atoms with Crippen molar-refractivity contribution in [2.75, 3.05) is 36.4 Å². The highest BCUT2D eigenvalue weighted by molar-refractivity contribution is 5.76. The van der Waals surface area contributed by atoms with Crippen molar-refractivity contribution in [2.24, 2.45) is 5.92 Å². The fourth-order valence-corrected chi connectivity index (χ4v) is 4.31. The molecule has 154 valence electrons. The van der Waals surface area contributed by atoms with Crippen LogP contribution < -0.4 is 10.2 Å². The van der Waals surface area contributed by atoms with Crippen LogP contribution in [0.3, 0.4) is 0 Å². The quantitative estimate of drug-likeness (QED) is 0.830. The molecule has 2 aromatic rings. The van der Waals surface area contributed by atoms with Gasteiger partial charge in [-0.2, -0.15) is 4.98 Å². The van der Waals surface area contributed by atoms with Crippen LogP contribution in [0.4, 0.5) is 17.5 Å². The molecule has 2 fully saturated rings. The van der Waals surface area contributed by atoms with Crippen molar-refractivity contribution >= 4 is 23.4 Å². The normalized spacial score (nSPS) is 17.6. The lowest BCUT2D eigenvalue weighted by Gasteiger charge is -2.36. The third-order valence-corrected chi connectivity index (χ3v) is 6.04. The maximum atomic E-state index is 12.6. The summed E-state index contributed by atoms with van der Waals surface area (Å²) in [4.78, 5) is 26.2. The number of nitrogens with zero attached hydrogens (tertiary/aromatic N) is 4. The van der Waals surface area contributed by atoms with Gasteiger partial charge in [0.05, 0.1) is 0 Å². The van der Waals surface area contributed by atoms with Gasteiger partial charge in [-0.1, -0.05) is 30.5 Å². The number of aryl methyl sites for hydroxylation is 2. The van der Waals surface area contributed by atoms with Crippen LogP contribution in [0, 0.1) is 19.8 Å². The molecule has 2 heterocycles. The number of amides is 1. The third-order valence-electron chi connectivity index (χ3n) is 6.04. The third kappa shape index (κ3) is 5.05. The van der Waals surface area contributed by atoms with Crippen LogP contribution in [0.15, 0.2) is 30.3 Å². The molecule has 6 heteroatoms. The molecule has 1 amide bonds. The second kappa shape index (κ2) is 8.80. The molecule has 1 aliphatic heterocycles. The Balaban J connectivity index is 1.37. The molecule has 0 unspecified atom stereocenters. The number of carbonyl (C=O) groups is 1. The van der Waals surface area contributed by atoms with E-state index in [0.29, 0.717) is 17.8 Å². The predicted octanol–water partition coefficient (Wildman–Crippen LogP) is 4.07. The summed E-state index contributed by atoms with van der Waals surface area (Å²) < 4.78 is 0. The molecule has 29 heavy (non-hydrogen) atoms. The first-order chi connectivity index (χ1) is 14.1. The standard InChI is InChI=1S/C23H31N5O/c1-17-7-9-20(10-8-17)25-23-24-18(2)15-21(26-23)27-11-13-28(14-12-27)22(29)16-19-5-3-4-6-19/h7-10,15,19H,3-6,11-14,16H2,1-2H3,(H,24,25,26). The van der Waals surface area contributed by atoms with Crippen molar-refractivity contribution < 1.29 is 4.79 Å². The Morgan fingerprint density at radius 1 is 1.03 bits per heavy atom. The fraction of sp³-hybridized carbons (Fsp3) is 0.522. The van der Waals surface area contributed by atoms with Gasteiger partial charge in [0.2, 0.25) is 11.9 Å². The van der Waals surface area contributed by atoms with E-state index in [9.17, 15) is 4.79 Å². The number of nitrogens with one attached hydrogen (secondary N) is 1. The molecule has 0 radical (unpaired) electrons. The minimum atomic E-state index is 0.331. The van der Waals surface area contributed by atoms with E-state index in [4.69, 9.17) is 4.98 Å². The molecule has 0 atom stereocenters.